The number of hydrogen-bond donors (Lipinski definition) is 1. The zero-order valence-corrected chi connectivity index (χ0v) is 10.4. The van der Waals surface area contributed by atoms with Crippen LogP contribution < -0.4 is 10.5 Å². The molecule has 0 aliphatic carbocycles. The Hall–Kier alpha value is -0.770. The van der Waals surface area contributed by atoms with Gasteiger partial charge in [-0.15, -0.1) is 12.4 Å². The van der Waals surface area contributed by atoms with Crippen molar-refractivity contribution in [3.63, 3.8) is 0 Å². The first kappa shape index (κ1) is 13.3. The molecule has 1 fully saturated rings. The van der Waals surface area contributed by atoms with Crippen LogP contribution in [0.5, 0.6) is 5.75 Å². The van der Waals surface area contributed by atoms with Crippen LogP contribution >= 0.6 is 12.4 Å². The standard InChI is InChI=1S/C12H18N2O.ClH/c1-15-12-4-2-10(3-5-12)8-14-7-6-11(13)9-14;/h2-5,11H,6-9,13H2,1H3;1H. The zero-order valence-electron chi connectivity index (χ0n) is 9.56. The van der Waals surface area contributed by atoms with Crippen molar-refractivity contribution in [2.45, 2.75) is 19.0 Å². The Bertz CT molecular complexity index is 315. The number of methoxy groups -OCH3 is 1. The van der Waals surface area contributed by atoms with E-state index in [-0.39, 0.29) is 12.4 Å². The van der Waals surface area contributed by atoms with Gasteiger partial charge in [0.2, 0.25) is 0 Å². The van der Waals surface area contributed by atoms with E-state index >= 15 is 0 Å². The highest BCUT2D eigenvalue weighted by atomic mass is 35.5. The third kappa shape index (κ3) is 3.37. The average molecular weight is 243 g/mol. The quantitative estimate of drug-likeness (QED) is 0.876. The first-order valence-corrected chi connectivity index (χ1v) is 5.39. The third-order valence-electron chi connectivity index (χ3n) is 2.87. The van der Waals surface area contributed by atoms with E-state index in [1.54, 1.807) is 7.11 Å². The van der Waals surface area contributed by atoms with Gasteiger partial charge in [-0.25, -0.2) is 0 Å². The maximum atomic E-state index is 5.86. The van der Waals surface area contributed by atoms with Gasteiger partial charge in [-0.3, -0.25) is 4.90 Å². The third-order valence-corrected chi connectivity index (χ3v) is 2.87. The molecule has 1 aliphatic heterocycles. The Morgan fingerprint density at radius 1 is 1.38 bits per heavy atom. The van der Waals surface area contributed by atoms with E-state index in [0.29, 0.717) is 6.04 Å². The summed E-state index contributed by atoms with van der Waals surface area (Å²) in [6.45, 7) is 3.14. The van der Waals surface area contributed by atoms with Crippen molar-refractivity contribution >= 4 is 12.4 Å². The maximum absolute atomic E-state index is 5.86. The molecule has 0 radical (unpaired) electrons. The predicted molar refractivity (Wildman–Crippen MR) is 68.1 cm³/mol. The lowest BCUT2D eigenvalue weighted by Crippen LogP contribution is -2.26. The average Bonchev–Trinajstić information content (AvgIpc) is 2.65. The number of nitrogens with zero attached hydrogens (tertiary/aromatic N) is 1. The lowest BCUT2D eigenvalue weighted by Gasteiger charge is -2.15. The minimum Gasteiger partial charge on any atom is -0.497 e. The summed E-state index contributed by atoms with van der Waals surface area (Å²) in [6.07, 6.45) is 1.12. The Morgan fingerprint density at radius 2 is 2.06 bits per heavy atom. The molecule has 1 atom stereocenters. The van der Waals surface area contributed by atoms with Crippen molar-refractivity contribution in [1.29, 1.82) is 0 Å². The molecule has 2 rings (SSSR count). The molecule has 0 saturated carbocycles. The van der Waals surface area contributed by atoms with Gasteiger partial charge in [-0.05, 0) is 24.1 Å². The number of halogens is 1. The molecule has 1 unspecified atom stereocenters. The van der Waals surface area contributed by atoms with Gasteiger partial charge < -0.3 is 10.5 Å². The molecule has 3 nitrogen and oxygen atoms in total. The molecule has 16 heavy (non-hydrogen) atoms. The van der Waals surface area contributed by atoms with Gasteiger partial charge in [0, 0.05) is 25.7 Å². The van der Waals surface area contributed by atoms with E-state index in [9.17, 15) is 0 Å². The number of hydrogen-bond acceptors (Lipinski definition) is 3. The van der Waals surface area contributed by atoms with Crippen LogP contribution in [0.1, 0.15) is 12.0 Å². The number of ether oxygens (including phenoxy) is 1. The van der Waals surface area contributed by atoms with Gasteiger partial charge in [-0.1, -0.05) is 12.1 Å². The summed E-state index contributed by atoms with van der Waals surface area (Å²) in [5.41, 5.74) is 7.19. The van der Waals surface area contributed by atoms with Crippen LogP contribution in [0.15, 0.2) is 24.3 Å². The molecule has 0 spiro atoms. The normalized spacial score (nSPS) is 20.5. The second-order valence-corrected chi connectivity index (χ2v) is 4.13. The van der Waals surface area contributed by atoms with E-state index in [2.05, 4.69) is 17.0 Å². The number of rotatable bonds is 3. The topological polar surface area (TPSA) is 38.5 Å². The lowest BCUT2D eigenvalue weighted by molar-refractivity contribution is 0.326. The molecule has 0 amide bonds. The van der Waals surface area contributed by atoms with Crippen LogP contribution in [0.25, 0.3) is 0 Å². The van der Waals surface area contributed by atoms with Crippen LogP contribution in [0.4, 0.5) is 0 Å². The van der Waals surface area contributed by atoms with Crippen LogP contribution in [0.2, 0.25) is 0 Å². The lowest BCUT2D eigenvalue weighted by atomic mass is 10.2. The summed E-state index contributed by atoms with van der Waals surface area (Å²) < 4.78 is 5.12. The fourth-order valence-electron chi connectivity index (χ4n) is 2.00. The molecule has 0 bridgehead atoms. The Kier molecular flexibility index (Phi) is 5.06. The van der Waals surface area contributed by atoms with Crippen LogP contribution in [0.3, 0.4) is 0 Å². The Morgan fingerprint density at radius 3 is 2.56 bits per heavy atom. The van der Waals surface area contributed by atoms with Crippen LogP contribution in [-0.4, -0.2) is 31.1 Å². The molecule has 1 aromatic rings. The largest absolute Gasteiger partial charge is 0.497 e. The summed E-state index contributed by atoms with van der Waals surface area (Å²) in [6, 6.07) is 8.60. The minimum absolute atomic E-state index is 0. The zero-order chi connectivity index (χ0) is 10.7. The smallest absolute Gasteiger partial charge is 0.118 e. The van der Waals surface area contributed by atoms with E-state index in [4.69, 9.17) is 10.5 Å². The molecule has 1 heterocycles. The summed E-state index contributed by atoms with van der Waals surface area (Å²) in [5.74, 6) is 0.914. The minimum atomic E-state index is 0. The summed E-state index contributed by atoms with van der Waals surface area (Å²) in [4.78, 5) is 2.40. The van der Waals surface area contributed by atoms with Crippen molar-refractivity contribution in [3.05, 3.63) is 29.8 Å². The molecule has 4 heteroatoms. The van der Waals surface area contributed by atoms with Gasteiger partial charge in [0.1, 0.15) is 5.75 Å². The first-order chi connectivity index (χ1) is 7.28. The predicted octanol–water partition coefficient (Wildman–Crippen LogP) is 1.65. The van der Waals surface area contributed by atoms with Crippen molar-refractivity contribution in [2.75, 3.05) is 20.2 Å². The van der Waals surface area contributed by atoms with Crippen LogP contribution in [-0.2, 0) is 6.54 Å². The van der Waals surface area contributed by atoms with Gasteiger partial charge >= 0.3 is 0 Å². The second kappa shape index (κ2) is 6.09. The summed E-state index contributed by atoms with van der Waals surface area (Å²) in [7, 11) is 1.69. The van der Waals surface area contributed by atoms with Crippen molar-refractivity contribution in [2.24, 2.45) is 5.73 Å². The van der Waals surface area contributed by atoms with E-state index in [0.717, 1.165) is 31.8 Å². The van der Waals surface area contributed by atoms with Gasteiger partial charge in [0.05, 0.1) is 7.11 Å². The Labute approximate surface area is 103 Å². The second-order valence-electron chi connectivity index (χ2n) is 4.13. The molecule has 1 aliphatic rings. The maximum Gasteiger partial charge on any atom is 0.118 e. The highest BCUT2D eigenvalue weighted by Gasteiger charge is 2.18. The summed E-state index contributed by atoms with van der Waals surface area (Å²) in [5, 5.41) is 0. The Balaban J connectivity index is 0.00000128. The molecule has 0 aromatic heterocycles. The first-order valence-electron chi connectivity index (χ1n) is 5.39. The van der Waals surface area contributed by atoms with E-state index in [1.165, 1.54) is 5.56 Å². The van der Waals surface area contributed by atoms with Gasteiger partial charge in [0.25, 0.3) is 0 Å². The van der Waals surface area contributed by atoms with Crippen molar-refractivity contribution in [3.8, 4) is 5.75 Å². The van der Waals surface area contributed by atoms with E-state index in [1.807, 2.05) is 12.1 Å². The molecular formula is C12H19ClN2O. The van der Waals surface area contributed by atoms with E-state index < -0.39 is 0 Å². The van der Waals surface area contributed by atoms with Gasteiger partial charge in [-0.2, -0.15) is 0 Å². The highest BCUT2D eigenvalue weighted by Crippen LogP contribution is 2.15. The number of nitrogens with two attached hydrogens (primary N) is 1. The summed E-state index contributed by atoms with van der Waals surface area (Å²) >= 11 is 0. The van der Waals surface area contributed by atoms with Crippen molar-refractivity contribution in [1.82, 2.24) is 4.90 Å². The molecule has 1 saturated heterocycles. The number of benzene rings is 1. The van der Waals surface area contributed by atoms with Crippen LogP contribution in [0, 0.1) is 0 Å². The monoisotopic (exact) mass is 242 g/mol. The molecule has 1 aromatic carbocycles. The highest BCUT2D eigenvalue weighted by molar-refractivity contribution is 5.85. The fourth-order valence-corrected chi connectivity index (χ4v) is 2.00. The van der Waals surface area contributed by atoms with Crippen molar-refractivity contribution < 1.29 is 4.74 Å². The fraction of sp³-hybridized carbons (Fsp3) is 0.500. The molecule has 90 valence electrons. The molecule has 2 N–H and O–H groups in total. The van der Waals surface area contributed by atoms with Gasteiger partial charge in [0.15, 0.2) is 0 Å². The molecular weight excluding hydrogens is 224 g/mol. The SMILES string of the molecule is COc1ccc(CN2CCC(N)C2)cc1.Cl. The number of likely N-dealkylation sites (tertiary alicyclic amines) is 1.